The van der Waals surface area contributed by atoms with E-state index < -0.39 is 5.97 Å². The summed E-state index contributed by atoms with van der Waals surface area (Å²) < 4.78 is 0. The molecule has 0 bridgehead atoms. The maximum Gasteiger partial charge on any atom is 0.303 e. The molecule has 0 aliphatic carbocycles. The first-order valence-electron chi connectivity index (χ1n) is 4.77. The second kappa shape index (κ2) is 5.69. The first-order chi connectivity index (χ1) is 7.61. The number of anilines is 2. The van der Waals surface area contributed by atoms with Gasteiger partial charge in [-0.15, -0.1) is 0 Å². The zero-order chi connectivity index (χ0) is 12.0. The molecular weight excluding hydrogens is 210 g/mol. The highest BCUT2D eigenvalue weighted by atomic mass is 16.4. The van der Waals surface area contributed by atoms with Crippen LogP contribution in [0.2, 0.25) is 0 Å². The average Bonchev–Trinajstić information content (AvgIpc) is 2.27. The zero-order valence-corrected chi connectivity index (χ0v) is 8.86. The largest absolute Gasteiger partial charge is 0.481 e. The van der Waals surface area contributed by atoms with Crippen LogP contribution in [0.25, 0.3) is 0 Å². The highest BCUT2D eigenvalue weighted by Gasteiger charge is 2.05. The molecule has 6 nitrogen and oxygen atoms in total. The lowest BCUT2D eigenvalue weighted by atomic mass is 10.3. The Morgan fingerprint density at radius 1 is 1.38 bits per heavy atom. The van der Waals surface area contributed by atoms with Crippen LogP contribution in [0.4, 0.5) is 11.5 Å². The van der Waals surface area contributed by atoms with Gasteiger partial charge in [0.15, 0.2) is 0 Å². The number of amides is 1. The van der Waals surface area contributed by atoms with E-state index in [0.717, 1.165) is 0 Å². The molecule has 0 spiro atoms. The van der Waals surface area contributed by atoms with Crippen LogP contribution in [0, 0.1) is 0 Å². The summed E-state index contributed by atoms with van der Waals surface area (Å²) in [4.78, 5) is 25.5. The lowest BCUT2D eigenvalue weighted by molar-refractivity contribution is -0.138. The number of hydrogen-bond donors (Lipinski definition) is 3. The van der Waals surface area contributed by atoms with Gasteiger partial charge < -0.3 is 15.7 Å². The third kappa shape index (κ3) is 3.95. The standard InChI is InChI=1S/C10H13N3O3/c1-11-8-3-2-7(6-12-8)13-9(14)4-5-10(15)16/h2-3,6H,4-5H2,1H3,(H,11,12)(H,13,14)(H,15,16). The highest BCUT2D eigenvalue weighted by Crippen LogP contribution is 2.09. The van der Waals surface area contributed by atoms with Gasteiger partial charge in [0.05, 0.1) is 18.3 Å². The van der Waals surface area contributed by atoms with Crippen LogP contribution in [0.3, 0.4) is 0 Å². The van der Waals surface area contributed by atoms with Crippen LogP contribution in [-0.4, -0.2) is 29.0 Å². The van der Waals surface area contributed by atoms with Crippen LogP contribution in [0.5, 0.6) is 0 Å². The summed E-state index contributed by atoms with van der Waals surface area (Å²) in [5.74, 6) is -0.622. The number of nitrogens with one attached hydrogen (secondary N) is 2. The van der Waals surface area contributed by atoms with Crippen molar-refractivity contribution >= 4 is 23.4 Å². The van der Waals surface area contributed by atoms with Crippen LogP contribution < -0.4 is 10.6 Å². The summed E-state index contributed by atoms with van der Waals surface area (Å²) >= 11 is 0. The molecule has 86 valence electrons. The molecule has 0 radical (unpaired) electrons. The van der Waals surface area contributed by atoms with Crippen molar-refractivity contribution in [3.8, 4) is 0 Å². The molecule has 0 atom stereocenters. The number of carboxylic acids is 1. The minimum absolute atomic E-state index is 0.0386. The molecule has 0 fully saturated rings. The number of aliphatic carboxylic acids is 1. The number of pyridine rings is 1. The minimum atomic E-state index is -0.987. The SMILES string of the molecule is CNc1ccc(NC(=O)CCC(=O)O)cn1. The summed E-state index contributed by atoms with van der Waals surface area (Å²) in [5.41, 5.74) is 0.550. The van der Waals surface area contributed by atoms with Crippen molar-refractivity contribution in [3.05, 3.63) is 18.3 Å². The van der Waals surface area contributed by atoms with Gasteiger partial charge in [0.1, 0.15) is 5.82 Å². The van der Waals surface area contributed by atoms with Gasteiger partial charge >= 0.3 is 5.97 Å². The Balaban J connectivity index is 2.46. The molecule has 0 unspecified atom stereocenters. The Morgan fingerprint density at radius 3 is 2.62 bits per heavy atom. The van der Waals surface area contributed by atoms with Crippen molar-refractivity contribution in [1.82, 2.24) is 4.98 Å². The monoisotopic (exact) mass is 223 g/mol. The number of nitrogens with zero attached hydrogens (tertiary/aromatic N) is 1. The predicted molar refractivity (Wildman–Crippen MR) is 59.3 cm³/mol. The molecule has 0 aliphatic rings. The number of hydrogen-bond acceptors (Lipinski definition) is 4. The number of carbonyl (C=O) groups excluding carboxylic acids is 1. The predicted octanol–water partition coefficient (Wildman–Crippen LogP) is 0.927. The van der Waals surface area contributed by atoms with Crippen molar-refractivity contribution in [2.45, 2.75) is 12.8 Å². The number of aromatic nitrogens is 1. The summed E-state index contributed by atoms with van der Waals surface area (Å²) in [5, 5.41) is 13.8. The molecule has 1 aromatic heterocycles. The molecule has 3 N–H and O–H groups in total. The van der Waals surface area contributed by atoms with Crippen molar-refractivity contribution in [2.75, 3.05) is 17.7 Å². The Kier molecular flexibility index (Phi) is 4.26. The van der Waals surface area contributed by atoms with E-state index in [4.69, 9.17) is 5.11 Å². The molecular formula is C10H13N3O3. The Bertz CT molecular complexity index is 375. The topological polar surface area (TPSA) is 91.3 Å². The molecule has 6 heteroatoms. The van der Waals surface area contributed by atoms with Crippen LogP contribution in [-0.2, 0) is 9.59 Å². The quantitative estimate of drug-likeness (QED) is 0.690. The summed E-state index contributed by atoms with van der Waals surface area (Å²) in [6.07, 6.45) is 1.29. The number of rotatable bonds is 5. The fourth-order valence-electron chi connectivity index (χ4n) is 1.06. The molecule has 0 saturated carbocycles. The van der Waals surface area contributed by atoms with E-state index in [0.29, 0.717) is 11.5 Å². The second-order valence-electron chi connectivity index (χ2n) is 3.12. The molecule has 0 aliphatic heterocycles. The van der Waals surface area contributed by atoms with Gasteiger partial charge in [-0.1, -0.05) is 0 Å². The van der Waals surface area contributed by atoms with Gasteiger partial charge in [-0.3, -0.25) is 9.59 Å². The van der Waals surface area contributed by atoms with Gasteiger partial charge in [-0.25, -0.2) is 4.98 Å². The average molecular weight is 223 g/mol. The first kappa shape index (κ1) is 12.0. The summed E-state index contributed by atoms with van der Waals surface area (Å²) in [7, 11) is 1.74. The van der Waals surface area contributed by atoms with E-state index in [1.54, 1.807) is 19.2 Å². The number of carboxylic acid groups (broad SMARTS) is 1. The molecule has 0 aromatic carbocycles. The Hall–Kier alpha value is -2.11. The normalized spacial score (nSPS) is 9.56. The smallest absolute Gasteiger partial charge is 0.303 e. The molecule has 0 saturated heterocycles. The zero-order valence-electron chi connectivity index (χ0n) is 8.86. The first-order valence-corrected chi connectivity index (χ1v) is 4.77. The van der Waals surface area contributed by atoms with Crippen molar-refractivity contribution in [3.63, 3.8) is 0 Å². The Labute approximate surface area is 92.7 Å². The van der Waals surface area contributed by atoms with E-state index in [2.05, 4.69) is 15.6 Å². The van der Waals surface area contributed by atoms with Gasteiger partial charge in [0, 0.05) is 13.5 Å². The van der Waals surface area contributed by atoms with Gasteiger partial charge in [0.25, 0.3) is 0 Å². The van der Waals surface area contributed by atoms with Crippen molar-refractivity contribution in [2.24, 2.45) is 0 Å². The van der Waals surface area contributed by atoms with Crippen molar-refractivity contribution < 1.29 is 14.7 Å². The van der Waals surface area contributed by atoms with Gasteiger partial charge in [0.2, 0.25) is 5.91 Å². The van der Waals surface area contributed by atoms with Gasteiger partial charge in [-0.2, -0.15) is 0 Å². The van der Waals surface area contributed by atoms with E-state index >= 15 is 0 Å². The molecule has 1 amide bonds. The fraction of sp³-hybridized carbons (Fsp3) is 0.300. The molecule has 16 heavy (non-hydrogen) atoms. The molecule has 1 rings (SSSR count). The maximum atomic E-state index is 11.3. The van der Waals surface area contributed by atoms with E-state index in [-0.39, 0.29) is 18.7 Å². The van der Waals surface area contributed by atoms with Crippen molar-refractivity contribution in [1.29, 1.82) is 0 Å². The molecule has 1 heterocycles. The third-order valence-electron chi connectivity index (χ3n) is 1.87. The van der Waals surface area contributed by atoms with Crippen LogP contribution in [0.1, 0.15) is 12.8 Å². The minimum Gasteiger partial charge on any atom is -0.481 e. The molecule has 1 aromatic rings. The van der Waals surface area contributed by atoms with Crippen LogP contribution in [0.15, 0.2) is 18.3 Å². The fourth-order valence-corrected chi connectivity index (χ4v) is 1.06. The van der Waals surface area contributed by atoms with Crippen LogP contribution >= 0.6 is 0 Å². The second-order valence-corrected chi connectivity index (χ2v) is 3.12. The van der Waals surface area contributed by atoms with Gasteiger partial charge in [-0.05, 0) is 12.1 Å². The summed E-state index contributed by atoms with van der Waals surface area (Å²) in [6.45, 7) is 0. The van der Waals surface area contributed by atoms with E-state index in [1.165, 1.54) is 6.20 Å². The van der Waals surface area contributed by atoms with E-state index in [9.17, 15) is 9.59 Å². The maximum absolute atomic E-state index is 11.3. The lowest BCUT2D eigenvalue weighted by Gasteiger charge is -2.04. The lowest BCUT2D eigenvalue weighted by Crippen LogP contribution is -2.13. The highest BCUT2D eigenvalue weighted by molar-refractivity contribution is 5.92. The third-order valence-corrected chi connectivity index (χ3v) is 1.87. The summed E-state index contributed by atoms with van der Waals surface area (Å²) in [6, 6.07) is 3.41. The number of carbonyl (C=O) groups is 2. The van der Waals surface area contributed by atoms with E-state index in [1.807, 2.05) is 0 Å². The Morgan fingerprint density at radius 2 is 2.12 bits per heavy atom.